The second-order valence-electron chi connectivity index (χ2n) is 8.01. The number of pyridine rings is 1. The number of benzene rings is 3. The predicted molar refractivity (Wildman–Crippen MR) is 131 cm³/mol. The van der Waals surface area contributed by atoms with Crippen LogP contribution in [0.4, 0.5) is 8.78 Å². The largest absolute Gasteiger partial charge is 0.261 e. The third-order valence-corrected chi connectivity index (χ3v) is 5.60. The van der Waals surface area contributed by atoms with Gasteiger partial charge >= 0.3 is 0 Å². The minimum Gasteiger partial charge on any atom is -0.261 e. The number of hydrogen-bond donors (Lipinski definition) is 0. The molecule has 0 bridgehead atoms. The van der Waals surface area contributed by atoms with Gasteiger partial charge < -0.3 is 0 Å². The van der Waals surface area contributed by atoms with Gasteiger partial charge in [-0.2, -0.15) is 0 Å². The maximum atomic E-state index is 13.8. The van der Waals surface area contributed by atoms with Crippen LogP contribution in [0.3, 0.4) is 0 Å². The molecule has 4 rings (SSSR count). The van der Waals surface area contributed by atoms with Gasteiger partial charge in [-0.3, -0.25) is 4.98 Å². The monoisotopic (exact) mass is 437 g/mol. The molecule has 1 aromatic heterocycles. The summed E-state index contributed by atoms with van der Waals surface area (Å²) in [7, 11) is 0. The highest BCUT2D eigenvalue weighted by molar-refractivity contribution is 5.84. The summed E-state index contributed by atoms with van der Waals surface area (Å²) >= 11 is 0. The Labute approximate surface area is 193 Å². The molecule has 0 N–H and O–H groups in total. The van der Waals surface area contributed by atoms with Crippen LogP contribution in [0.15, 0.2) is 85.1 Å². The average molecular weight is 438 g/mol. The fourth-order valence-corrected chi connectivity index (χ4v) is 3.68. The van der Waals surface area contributed by atoms with Crippen LogP contribution < -0.4 is 0 Å². The van der Waals surface area contributed by atoms with Gasteiger partial charge in [-0.05, 0) is 85.5 Å². The van der Waals surface area contributed by atoms with E-state index < -0.39 is 11.6 Å². The molecule has 0 spiro atoms. The van der Waals surface area contributed by atoms with E-state index in [1.165, 1.54) is 11.1 Å². The Bertz CT molecular complexity index is 1320. The predicted octanol–water partition coefficient (Wildman–Crippen LogP) is 7.21. The molecule has 0 saturated heterocycles. The summed E-state index contributed by atoms with van der Waals surface area (Å²) in [4.78, 5) is 4.59. The van der Waals surface area contributed by atoms with E-state index in [4.69, 9.17) is 0 Å². The Hall–Kier alpha value is -3.77. The Kier molecular flexibility index (Phi) is 7.27. The van der Waals surface area contributed by atoms with Gasteiger partial charge in [0.05, 0.1) is 0 Å². The lowest BCUT2D eigenvalue weighted by molar-refractivity contribution is 0.517. The van der Waals surface area contributed by atoms with E-state index in [1.807, 2.05) is 25.3 Å². The summed E-state index contributed by atoms with van der Waals surface area (Å²) < 4.78 is 27.2. The van der Waals surface area contributed by atoms with Crippen molar-refractivity contribution in [1.82, 2.24) is 4.98 Å². The molecule has 0 aliphatic heterocycles. The van der Waals surface area contributed by atoms with Crippen LogP contribution in [0.5, 0.6) is 0 Å². The van der Waals surface area contributed by atoms with Crippen LogP contribution in [0.1, 0.15) is 41.3 Å². The molecule has 0 aliphatic rings. The van der Waals surface area contributed by atoms with Crippen molar-refractivity contribution in [2.24, 2.45) is 0 Å². The number of fused-ring (bicyclic) bond motifs is 1. The lowest BCUT2D eigenvalue weighted by Crippen LogP contribution is -1.96. The molecular weight excluding hydrogens is 412 g/mol. The molecule has 3 aromatic carbocycles. The minimum atomic E-state index is -0.839. The first-order valence-electron chi connectivity index (χ1n) is 11.2. The molecule has 0 amide bonds. The number of hydrogen-bond acceptors (Lipinski definition) is 1. The van der Waals surface area contributed by atoms with Gasteiger partial charge in [-0.25, -0.2) is 8.78 Å². The van der Waals surface area contributed by atoms with Gasteiger partial charge in [0.25, 0.3) is 0 Å². The summed E-state index contributed by atoms with van der Waals surface area (Å²) in [6, 6.07) is 20.3. The van der Waals surface area contributed by atoms with E-state index in [2.05, 4.69) is 53.2 Å². The van der Waals surface area contributed by atoms with Crippen molar-refractivity contribution in [3.63, 3.8) is 0 Å². The molecule has 0 aliphatic carbocycles. The second kappa shape index (κ2) is 10.7. The number of aryl methyl sites for hydroxylation is 3. The normalized spacial score (nSPS) is 11.0. The quantitative estimate of drug-likeness (QED) is 0.229. The van der Waals surface area contributed by atoms with Crippen molar-refractivity contribution in [2.45, 2.75) is 32.6 Å². The van der Waals surface area contributed by atoms with Crippen molar-refractivity contribution in [3.05, 3.63) is 125 Å². The average Bonchev–Trinajstić information content (AvgIpc) is 2.85. The van der Waals surface area contributed by atoms with Gasteiger partial charge in [0, 0.05) is 28.4 Å². The van der Waals surface area contributed by atoms with E-state index in [-0.39, 0.29) is 5.39 Å². The third-order valence-electron chi connectivity index (χ3n) is 5.60. The smallest absolute Gasteiger partial charge is 0.166 e. The highest BCUT2D eigenvalue weighted by Crippen LogP contribution is 2.21. The third kappa shape index (κ3) is 5.93. The Morgan fingerprint density at radius 1 is 0.788 bits per heavy atom. The van der Waals surface area contributed by atoms with Crippen molar-refractivity contribution in [1.29, 1.82) is 0 Å². The SMILES string of the molecule is C/C=C/CCc1ccc(CCc2ccc(C#Cc3ccc4c(F)c(F)ccc4c3)cc2)nc1. The molecule has 33 heavy (non-hydrogen) atoms. The summed E-state index contributed by atoms with van der Waals surface area (Å²) in [6.45, 7) is 2.04. The molecule has 1 heterocycles. The fraction of sp³-hybridized carbons (Fsp3) is 0.167. The number of nitrogens with zero attached hydrogens (tertiary/aromatic N) is 1. The first-order chi connectivity index (χ1) is 16.1. The van der Waals surface area contributed by atoms with E-state index in [9.17, 15) is 8.78 Å². The zero-order chi connectivity index (χ0) is 23.0. The van der Waals surface area contributed by atoms with Crippen LogP contribution in [0.25, 0.3) is 10.8 Å². The topological polar surface area (TPSA) is 12.9 Å². The van der Waals surface area contributed by atoms with Gasteiger partial charge in [-0.15, -0.1) is 0 Å². The van der Waals surface area contributed by atoms with Gasteiger partial charge in [0.15, 0.2) is 11.6 Å². The highest BCUT2D eigenvalue weighted by atomic mass is 19.2. The number of rotatable bonds is 6. The first kappa shape index (κ1) is 22.4. The molecule has 3 heteroatoms. The van der Waals surface area contributed by atoms with Crippen LogP contribution >= 0.6 is 0 Å². The molecule has 0 fully saturated rings. The summed E-state index contributed by atoms with van der Waals surface area (Å²) in [5.74, 6) is 4.59. The summed E-state index contributed by atoms with van der Waals surface area (Å²) in [5.41, 5.74) is 5.28. The Morgan fingerprint density at radius 2 is 1.55 bits per heavy atom. The van der Waals surface area contributed by atoms with E-state index >= 15 is 0 Å². The van der Waals surface area contributed by atoms with Gasteiger partial charge in [0.2, 0.25) is 0 Å². The maximum absolute atomic E-state index is 13.8. The van der Waals surface area contributed by atoms with Crippen molar-refractivity contribution in [2.75, 3.05) is 0 Å². The lowest BCUT2D eigenvalue weighted by Gasteiger charge is -2.04. The lowest BCUT2D eigenvalue weighted by atomic mass is 10.0. The van der Waals surface area contributed by atoms with Crippen molar-refractivity contribution in [3.8, 4) is 11.8 Å². The van der Waals surface area contributed by atoms with Crippen LogP contribution in [-0.4, -0.2) is 4.98 Å². The number of allylic oxidation sites excluding steroid dienone is 2. The summed E-state index contributed by atoms with van der Waals surface area (Å²) in [5, 5.41) is 0.901. The Balaban J connectivity index is 1.36. The zero-order valence-electron chi connectivity index (χ0n) is 18.6. The Morgan fingerprint density at radius 3 is 2.30 bits per heavy atom. The van der Waals surface area contributed by atoms with Gasteiger partial charge in [-0.1, -0.05) is 54.3 Å². The van der Waals surface area contributed by atoms with Crippen molar-refractivity contribution >= 4 is 10.8 Å². The maximum Gasteiger partial charge on any atom is 0.166 e. The highest BCUT2D eigenvalue weighted by Gasteiger charge is 2.06. The summed E-state index contributed by atoms with van der Waals surface area (Å²) in [6.07, 6.45) is 10.1. The standard InChI is InChI=1S/C30H25F2N/c1-2-3-4-5-25-13-17-27(33-21-25)16-12-23-8-6-22(7-9-23)10-11-24-14-18-28-26(20-24)15-19-29(31)30(28)32/h2-3,6-9,13-15,17-21H,4-5,12,16H2,1H3/b3-2+. The molecule has 1 nitrogen and oxygen atoms in total. The first-order valence-corrected chi connectivity index (χ1v) is 11.2. The molecule has 164 valence electrons. The minimum absolute atomic E-state index is 0.266. The van der Waals surface area contributed by atoms with E-state index in [0.29, 0.717) is 5.39 Å². The van der Waals surface area contributed by atoms with Crippen LogP contribution in [0, 0.1) is 23.5 Å². The van der Waals surface area contributed by atoms with Crippen molar-refractivity contribution < 1.29 is 8.78 Å². The van der Waals surface area contributed by atoms with Crippen LogP contribution in [-0.2, 0) is 19.3 Å². The number of aromatic nitrogens is 1. The zero-order valence-corrected chi connectivity index (χ0v) is 18.6. The fourth-order valence-electron chi connectivity index (χ4n) is 3.68. The molecule has 0 atom stereocenters. The number of halogens is 2. The molecule has 0 saturated carbocycles. The van der Waals surface area contributed by atoms with E-state index in [1.54, 1.807) is 24.3 Å². The van der Waals surface area contributed by atoms with Crippen LogP contribution in [0.2, 0.25) is 0 Å². The molecular formula is C30H25F2N. The van der Waals surface area contributed by atoms with E-state index in [0.717, 1.165) is 48.6 Å². The molecule has 4 aromatic rings. The molecule has 0 unspecified atom stereocenters. The molecule has 0 radical (unpaired) electrons. The van der Waals surface area contributed by atoms with Gasteiger partial charge in [0.1, 0.15) is 0 Å². The second-order valence-corrected chi connectivity index (χ2v) is 8.01.